The number of aromatic nitrogens is 4. The van der Waals surface area contributed by atoms with E-state index in [0.29, 0.717) is 32.7 Å². The van der Waals surface area contributed by atoms with Crippen LogP contribution in [-0.2, 0) is 13.6 Å². The third kappa shape index (κ3) is 2.67. The highest BCUT2D eigenvalue weighted by atomic mass is 35.5. The van der Waals surface area contributed by atoms with Crippen LogP contribution in [0.5, 0.6) is 0 Å². The highest BCUT2D eigenvalue weighted by Gasteiger charge is 2.26. The molecule has 0 amide bonds. The number of hydrogen-bond donors (Lipinski definition) is 1. The van der Waals surface area contributed by atoms with Gasteiger partial charge in [-0.3, -0.25) is 18.5 Å². The van der Waals surface area contributed by atoms with Gasteiger partial charge < -0.3 is 0 Å². The molecule has 10 heteroatoms. The van der Waals surface area contributed by atoms with Gasteiger partial charge in [-0.2, -0.15) is 10.1 Å². The fourth-order valence-corrected chi connectivity index (χ4v) is 3.49. The van der Waals surface area contributed by atoms with E-state index in [-0.39, 0.29) is 12.6 Å². The molecule has 0 radical (unpaired) electrons. The second-order valence-corrected chi connectivity index (χ2v) is 7.31. The van der Waals surface area contributed by atoms with Crippen LogP contribution in [0.3, 0.4) is 0 Å². The Morgan fingerprint density at radius 2 is 1.96 bits per heavy atom. The molecule has 0 aliphatic carbocycles. The Labute approximate surface area is 163 Å². The van der Waals surface area contributed by atoms with E-state index in [2.05, 4.69) is 15.5 Å². The van der Waals surface area contributed by atoms with E-state index in [0.717, 1.165) is 5.71 Å². The number of anilines is 1. The minimum atomic E-state index is -0.459. The molecule has 3 heterocycles. The molecule has 4 rings (SSSR count). The van der Waals surface area contributed by atoms with Crippen LogP contribution in [-0.4, -0.2) is 24.4 Å². The van der Waals surface area contributed by atoms with Gasteiger partial charge in [0.05, 0.1) is 28.3 Å². The second kappa shape index (κ2) is 6.24. The second-order valence-electron chi connectivity index (χ2n) is 6.50. The molecule has 1 aliphatic rings. The van der Waals surface area contributed by atoms with Crippen molar-refractivity contribution in [1.82, 2.24) is 18.7 Å². The first-order chi connectivity index (χ1) is 12.8. The van der Waals surface area contributed by atoms with Gasteiger partial charge in [0, 0.05) is 7.05 Å². The summed E-state index contributed by atoms with van der Waals surface area (Å²) in [5, 5.41) is 4.98. The molecule has 8 nitrogen and oxygen atoms in total. The van der Waals surface area contributed by atoms with Crippen LogP contribution in [0.4, 0.5) is 5.95 Å². The lowest BCUT2D eigenvalue weighted by molar-refractivity contribution is 0.645. The zero-order valence-corrected chi connectivity index (χ0v) is 16.3. The number of nitrogens with one attached hydrogen (secondary N) is 1. The standard InChI is InChI=1S/C17H16Cl2N6O2/c1-8-9(2)25-13-14(20-16(25)22-21-8)23(3)17(27)24(15(13)26)7-10-4-5-11(18)12(19)6-10/h4-6,9H,7H2,1-3H3,(H,20,22)/t9-/m1/s1. The van der Waals surface area contributed by atoms with Crippen LogP contribution in [0.1, 0.15) is 25.5 Å². The monoisotopic (exact) mass is 406 g/mol. The van der Waals surface area contributed by atoms with E-state index >= 15 is 0 Å². The molecule has 27 heavy (non-hydrogen) atoms. The van der Waals surface area contributed by atoms with Gasteiger partial charge in [-0.05, 0) is 31.5 Å². The summed E-state index contributed by atoms with van der Waals surface area (Å²) in [4.78, 5) is 30.4. The first-order valence-electron chi connectivity index (χ1n) is 8.25. The highest BCUT2D eigenvalue weighted by molar-refractivity contribution is 6.42. The first-order valence-corrected chi connectivity index (χ1v) is 9.01. The molecule has 1 aliphatic heterocycles. The Hall–Kier alpha value is -2.58. The number of rotatable bonds is 2. The van der Waals surface area contributed by atoms with Crippen molar-refractivity contribution in [3.63, 3.8) is 0 Å². The predicted molar refractivity (Wildman–Crippen MR) is 106 cm³/mol. The number of nitrogens with zero attached hydrogens (tertiary/aromatic N) is 5. The molecule has 140 valence electrons. The molecule has 2 aromatic heterocycles. The van der Waals surface area contributed by atoms with Gasteiger partial charge in [-0.1, -0.05) is 29.3 Å². The van der Waals surface area contributed by atoms with E-state index in [4.69, 9.17) is 23.2 Å². The smallest absolute Gasteiger partial charge is 0.294 e. The average Bonchev–Trinajstić information content (AvgIpc) is 3.03. The van der Waals surface area contributed by atoms with E-state index in [9.17, 15) is 9.59 Å². The zero-order chi connectivity index (χ0) is 19.5. The Morgan fingerprint density at radius 3 is 2.67 bits per heavy atom. The third-order valence-corrected chi connectivity index (χ3v) is 5.56. The van der Waals surface area contributed by atoms with Gasteiger partial charge >= 0.3 is 5.69 Å². The topological polar surface area (TPSA) is 86.2 Å². The Balaban J connectivity index is 1.96. The molecular weight excluding hydrogens is 391 g/mol. The number of hydrogen-bond acceptors (Lipinski definition) is 5. The lowest BCUT2D eigenvalue weighted by Crippen LogP contribution is -2.40. The predicted octanol–water partition coefficient (Wildman–Crippen LogP) is 2.61. The summed E-state index contributed by atoms with van der Waals surface area (Å²) in [6.07, 6.45) is 0. The zero-order valence-electron chi connectivity index (χ0n) is 14.8. The van der Waals surface area contributed by atoms with Gasteiger partial charge in [0.2, 0.25) is 5.95 Å². The largest absolute Gasteiger partial charge is 0.332 e. The molecule has 0 unspecified atom stereocenters. The molecule has 0 saturated carbocycles. The van der Waals surface area contributed by atoms with Crippen molar-refractivity contribution in [3.8, 4) is 0 Å². The number of hydrazone groups is 1. The Morgan fingerprint density at radius 1 is 1.22 bits per heavy atom. The fraction of sp³-hybridized carbons (Fsp3) is 0.294. The van der Waals surface area contributed by atoms with Crippen LogP contribution >= 0.6 is 23.2 Å². The summed E-state index contributed by atoms with van der Waals surface area (Å²) >= 11 is 12.0. The summed E-state index contributed by atoms with van der Waals surface area (Å²) in [5.74, 6) is 0.433. The van der Waals surface area contributed by atoms with Gasteiger partial charge in [-0.25, -0.2) is 10.2 Å². The summed E-state index contributed by atoms with van der Waals surface area (Å²) in [6, 6.07) is 4.86. The molecule has 1 N–H and O–H groups in total. The van der Waals surface area contributed by atoms with Crippen molar-refractivity contribution in [1.29, 1.82) is 0 Å². The summed E-state index contributed by atoms with van der Waals surface area (Å²) in [7, 11) is 1.59. The van der Waals surface area contributed by atoms with Crippen LogP contribution in [0.15, 0.2) is 32.9 Å². The van der Waals surface area contributed by atoms with Crippen LogP contribution in [0, 0.1) is 0 Å². The van der Waals surface area contributed by atoms with Crippen molar-refractivity contribution in [2.75, 3.05) is 5.43 Å². The molecule has 1 atom stereocenters. The molecule has 0 saturated heterocycles. The quantitative estimate of drug-likeness (QED) is 0.708. The normalized spacial score (nSPS) is 16.2. The van der Waals surface area contributed by atoms with Gasteiger partial charge in [0.15, 0.2) is 11.2 Å². The maximum Gasteiger partial charge on any atom is 0.332 e. The van der Waals surface area contributed by atoms with Gasteiger partial charge in [0.1, 0.15) is 0 Å². The molecule has 0 spiro atoms. The molecular formula is C17H16Cl2N6O2. The maximum absolute atomic E-state index is 13.2. The highest BCUT2D eigenvalue weighted by Crippen LogP contribution is 2.26. The lowest BCUT2D eigenvalue weighted by Gasteiger charge is -2.21. The molecule has 0 bridgehead atoms. The third-order valence-electron chi connectivity index (χ3n) is 4.82. The minimum Gasteiger partial charge on any atom is -0.294 e. The number of aryl methyl sites for hydroxylation is 1. The first kappa shape index (κ1) is 17.8. The maximum atomic E-state index is 13.2. The van der Waals surface area contributed by atoms with Crippen molar-refractivity contribution in [2.45, 2.75) is 26.4 Å². The summed E-state index contributed by atoms with van der Waals surface area (Å²) in [5.41, 5.74) is 4.13. The molecule has 0 fully saturated rings. The molecule has 3 aromatic rings. The van der Waals surface area contributed by atoms with Crippen molar-refractivity contribution < 1.29 is 0 Å². The fourth-order valence-electron chi connectivity index (χ4n) is 3.17. The summed E-state index contributed by atoms with van der Waals surface area (Å²) in [6.45, 7) is 3.87. The van der Waals surface area contributed by atoms with E-state index in [1.807, 2.05) is 13.8 Å². The van der Waals surface area contributed by atoms with Crippen LogP contribution in [0.25, 0.3) is 11.2 Å². The number of halogens is 2. The van der Waals surface area contributed by atoms with Crippen LogP contribution in [0.2, 0.25) is 10.0 Å². The van der Waals surface area contributed by atoms with E-state index in [1.165, 1.54) is 9.13 Å². The number of imidazole rings is 1. The Kier molecular flexibility index (Phi) is 4.12. The number of benzene rings is 1. The summed E-state index contributed by atoms with van der Waals surface area (Å²) < 4.78 is 4.30. The van der Waals surface area contributed by atoms with Crippen molar-refractivity contribution >= 4 is 46.0 Å². The van der Waals surface area contributed by atoms with E-state index in [1.54, 1.807) is 29.8 Å². The van der Waals surface area contributed by atoms with Crippen molar-refractivity contribution in [2.24, 2.45) is 12.1 Å². The van der Waals surface area contributed by atoms with E-state index < -0.39 is 11.2 Å². The Bertz CT molecular complexity index is 1240. The lowest BCUT2D eigenvalue weighted by atomic mass is 10.2. The minimum absolute atomic E-state index is 0.0771. The van der Waals surface area contributed by atoms with Crippen molar-refractivity contribution in [3.05, 3.63) is 54.6 Å². The SMILES string of the molecule is CC1=NNc2nc3c(c(=O)n(Cc4ccc(Cl)c(Cl)c4)c(=O)n3C)n2[C@@H]1C. The molecule has 1 aromatic carbocycles. The van der Waals surface area contributed by atoms with Gasteiger partial charge in [0.25, 0.3) is 5.56 Å². The van der Waals surface area contributed by atoms with Gasteiger partial charge in [-0.15, -0.1) is 0 Å². The number of fused-ring (bicyclic) bond motifs is 3. The van der Waals surface area contributed by atoms with Crippen LogP contribution < -0.4 is 16.7 Å². The average molecular weight is 407 g/mol.